The molecule has 1 fully saturated rings. The number of halogens is 3. The van der Waals surface area contributed by atoms with Crippen LogP contribution >= 0.6 is 34.8 Å². The molecule has 0 bridgehead atoms. The Hall–Kier alpha value is 0.140. The Kier molecular flexibility index (Phi) is 5.45. The average Bonchev–Trinajstić information content (AvgIpc) is 2.23. The van der Waals surface area contributed by atoms with Gasteiger partial charge in [0.15, 0.2) is 12.4 Å². The molecule has 0 radical (unpaired) electrons. The second-order valence-corrected chi connectivity index (χ2v) is 6.18. The molecule has 4 N–H and O–H groups in total. The molecular weight excluding hydrogens is 314 g/mol. The average molecular weight is 326 g/mol. The van der Waals surface area contributed by atoms with E-state index in [4.69, 9.17) is 49.4 Å². The highest BCUT2D eigenvalue weighted by Gasteiger charge is 2.47. The van der Waals surface area contributed by atoms with Crippen molar-refractivity contribution in [3.8, 4) is 0 Å². The van der Waals surface area contributed by atoms with Gasteiger partial charge in [0.25, 0.3) is 0 Å². The van der Waals surface area contributed by atoms with E-state index < -0.39 is 47.1 Å². The lowest BCUT2D eigenvalue weighted by atomic mass is 9.99. The molecular formula is C8H11Cl3O7. The molecule has 1 saturated heterocycles. The summed E-state index contributed by atoms with van der Waals surface area (Å²) in [6.45, 7) is -0.492. The van der Waals surface area contributed by atoms with Gasteiger partial charge < -0.3 is 29.9 Å². The molecule has 0 aliphatic carbocycles. The molecule has 1 aliphatic rings. The van der Waals surface area contributed by atoms with E-state index in [0.717, 1.165) is 0 Å². The molecule has 18 heavy (non-hydrogen) atoms. The van der Waals surface area contributed by atoms with Crippen molar-refractivity contribution in [1.82, 2.24) is 0 Å². The highest BCUT2D eigenvalue weighted by molar-refractivity contribution is 6.67. The van der Waals surface area contributed by atoms with E-state index in [2.05, 4.69) is 0 Å². The molecule has 0 saturated carbocycles. The number of carboxylic acid groups (broad SMARTS) is 1. The van der Waals surface area contributed by atoms with Crippen LogP contribution in [0.1, 0.15) is 0 Å². The van der Waals surface area contributed by atoms with Crippen LogP contribution in [0.5, 0.6) is 0 Å². The first-order valence-corrected chi connectivity index (χ1v) is 5.87. The van der Waals surface area contributed by atoms with Gasteiger partial charge in [0.05, 0.1) is 6.61 Å². The van der Waals surface area contributed by atoms with E-state index >= 15 is 0 Å². The van der Waals surface area contributed by atoms with Gasteiger partial charge in [-0.25, -0.2) is 4.79 Å². The van der Waals surface area contributed by atoms with Gasteiger partial charge in [-0.3, -0.25) is 0 Å². The number of aliphatic hydroxyl groups excluding tert-OH is 3. The molecule has 0 spiro atoms. The quantitative estimate of drug-likeness (QED) is 0.505. The zero-order valence-corrected chi connectivity index (χ0v) is 11.0. The highest BCUT2D eigenvalue weighted by Crippen LogP contribution is 2.29. The van der Waals surface area contributed by atoms with Crippen LogP contribution in [-0.2, 0) is 14.3 Å². The fourth-order valence-electron chi connectivity index (χ4n) is 1.37. The van der Waals surface area contributed by atoms with Crippen LogP contribution in [0.15, 0.2) is 0 Å². The number of hydrogen-bond donors (Lipinski definition) is 4. The Morgan fingerprint density at radius 3 is 2.17 bits per heavy atom. The van der Waals surface area contributed by atoms with Gasteiger partial charge in [-0.05, 0) is 0 Å². The van der Waals surface area contributed by atoms with Crippen molar-refractivity contribution in [2.45, 2.75) is 34.5 Å². The van der Waals surface area contributed by atoms with E-state index in [9.17, 15) is 20.1 Å². The summed E-state index contributed by atoms with van der Waals surface area (Å²) < 4.78 is 7.85. The smallest absolute Gasteiger partial charge is 0.335 e. The maximum atomic E-state index is 10.8. The van der Waals surface area contributed by atoms with Crippen molar-refractivity contribution in [2.24, 2.45) is 0 Å². The summed E-state index contributed by atoms with van der Waals surface area (Å²) in [5.74, 6) is -1.52. The Balaban J connectivity index is 2.70. The molecule has 1 aliphatic heterocycles. The summed E-state index contributed by atoms with van der Waals surface area (Å²) in [5.41, 5.74) is 0. The number of aliphatic hydroxyl groups is 3. The van der Waals surface area contributed by atoms with Crippen molar-refractivity contribution >= 4 is 40.8 Å². The van der Waals surface area contributed by atoms with Gasteiger partial charge in [0.1, 0.15) is 18.3 Å². The number of hydrogen-bond acceptors (Lipinski definition) is 6. The van der Waals surface area contributed by atoms with Crippen LogP contribution in [0.4, 0.5) is 0 Å². The minimum absolute atomic E-state index is 0.492. The number of ether oxygens (including phenoxy) is 2. The molecule has 106 valence electrons. The number of rotatable bonds is 3. The number of carboxylic acids is 1. The molecule has 10 heteroatoms. The minimum Gasteiger partial charge on any atom is -0.479 e. The zero-order valence-electron chi connectivity index (χ0n) is 8.74. The lowest BCUT2D eigenvalue weighted by Crippen LogP contribution is -2.60. The number of aliphatic carboxylic acids is 1. The molecule has 0 aromatic rings. The van der Waals surface area contributed by atoms with Crippen LogP contribution in [0.3, 0.4) is 0 Å². The first-order chi connectivity index (χ1) is 8.13. The molecule has 0 aromatic carbocycles. The highest BCUT2D eigenvalue weighted by atomic mass is 35.6. The maximum absolute atomic E-state index is 10.8. The van der Waals surface area contributed by atoms with Crippen molar-refractivity contribution in [3.05, 3.63) is 0 Å². The molecule has 1 heterocycles. The molecule has 1 rings (SSSR count). The van der Waals surface area contributed by atoms with Crippen molar-refractivity contribution in [3.63, 3.8) is 0 Å². The SMILES string of the molecule is O=C(O)[C@H]1O[C@@H](OCC(Cl)(Cl)Cl)[C@H](O)[C@@H](O)[C@@H]1O. The zero-order chi connectivity index (χ0) is 14.1. The van der Waals surface area contributed by atoms with E-state index in [1.165, 1.54) is 0 Å². The number of carbonyl (C=O) groups is 1. The van der Waals surface area contributed by atoms with Gasteiger partial charge in [-0.15, -0.1) is 0 Å². The molecule has 0 unspecified atom stereocenters. The van der Waals surface area contributed by atoms with Gasteiger partial charge in [-0.2, -0.15) is 0 Å². The van der Waals surface area contributed by atoms with Crippen LogP contribution in [0.25, 0.3) is 0 Å². The topological polar surface area (TPSA) is 116 Å². The third kappa shape index (κ3) is 4.07. The lowest BCUT2D eigenvalue weighted by molar-refractivity contribution is -0.293. The predicted octanol–water partition coefficient (Wildman–Crippen LogP) is -0.735. The Morgan fingerprint density at radius 1 is 1.17 bits per heavy atom. The Morgan fingerprint density at radius 2 is 1.72 bits per heavy atom. The molecule has 0 amide bonds. The minimum atomic E-state index is -1.79. The second-order valence-electron chi connectivity index (χ2n) is 3.66. The Labute approximate surface area is 117 Å². The molecule has 5 atom stereocenters. The first-order valence-electron chi connectivity index (χ1n) is 4.74. The van der Waals surface area contributed by atoms with Gasteiger partial charge in [0, 0.05) is 0 Å². The summed E-state index contributed by atoms with van der Waals surface area (Å²) in [7, 11) is 0. The molecule has 0 aromatic heterocycles. The fourth-order valence-corrected chi connectivity index (χ4v) is 1.56. The van der Waals surface area contributed by atoms with Gasteiger partial charge in [-0.1, -0.05) is 34.8 Å². The van der Waals surface area contributed by atoms with E-state index in [1.54, 1.807) is 0 Å². The number of alkyl halides is 3. The van der Waals surface area contributed by atoms with Crippen LogP contribution in [0, 0.1) is 0 Å². The van der Waals surface area contributed by atoms with E-state index in [1.807, 2.05) is 0 Å². The summed E-state index contributed by atoms with van der Waals surface area (Å²) in [6.07, 6.45) is -8.47. The van der Waals surface area contributed by atoms with E-state index in [-0.39, 0.29) is 0 Å². The monoisotopic (exact) mass is 324 g/mol. The van der Waals surface area contributed by atoms with Crippen molar-refractivity contribution in [1.29, 1.82) is 0 Å². The third-order valence-corrected chi connectivity index (χ3v) is 2.55. The standard InChI is InChI=1S/C8H11Cl3O7/c9-8(10,11)1-17-7-4(14)2(12)3(13)5(18-7)6(15)16/h2-5,7,12-14H,1H2,(H,15,16)/t2-,3-,4+,5-,7+/m0/s1. The largest absolute Gasteiger partial charge is 0.479 e. The van der Waals surface area contributed by atoms with Crippen LogP contribution in [-0.4, -0.2) is 67.5 Å². The Bertz CT molecular complexity index is 308. The normalized spacial score (nSPS) is 37.6. The van der Waals surface area contributed by atoms with Crippen LogP contribution in [0.2, 0.25) is 0 Å². The predicted molar refractivity (Wildman–Crippen MR) is 60.6 cm³/mol. The summed E-state index contributed by atoms with van der Waals surface area (Å²) in [5, 5.41) is 37.1. The van der Waals surface area contributed by atoms with E-state index in [0.29, 0.717) is 0 Å². The first kappa shape index (κ1) is 16.2. The third-order valence-electron chi connectivity index (χ3n) is 2.22. The summed E-state index contributed by atoms with van der Waals surface area (Å²) in [6, 6.07) is 0. The summed E-state index contributed by atoms with van der Waals surface area (Å²) in [4.78, 5) is 10.8. The van der Waals surface area contributed by atoms with Gasteiger partial charge in [0.2, 0.25) is 3.79 Å². The van der Waals surface area contributed by atoms with Crippen molar-refractivity contribution < 1.29 is 34.7 Å². The van der Waals surface area contributed by atoms with Crippen LogP contribution < -0.4 is 0 Å². The second kappa shape index (κ2) is 6.06. The van der Waals surface area contributed by atoms with Crippen molar-refractivity contribution in [2.75, 3.05) is 6.61 Å². The maximum Gasteiger partial charge on any atom is 0.335 e. The fraction of sp³-hybridized carbons (Fsp3) is 0.875. The molecule has 7 nitrogen and oxygen atoms in total. The van der Waals surface area contributed by atoms with Gasteiger partial charge >= 0.3 is 5.97 Å². The summed E-state index contributed by atoms with van der Waals surface area (Å²) >= 11 is 16.2. The lowest BCUT2D eigenvalue weighted by Gasteiger charge is -2.38.